The van der Waals surface area contributed by atoms with Crippen LogP contribution in [0.2, 0.25) is 0 Å². The molecule has 0 unspecified atom stereocenters. The number of esters is 1. The summed E-state index contributed by atoms with van der Waals surface area (Å²) in [4.78, 5) is 45.7. The lowest BCUT2D eigenvalue weighted by molar-refractivity contribution is -0.120. The highest BCUT2D eigenvalue weighted by Crippen LogP contribution is 2.51. The molecule has 1 aliphatic carbocycles. The van der Waals surface area contributed by atoms with E-state index in [1.807, 2.05) is 97.1 Å². The number of fused-ring (bicyclic) bond motifs is 3. The zero-order valence-corrected chi connectivity index (χ0v) is 44.2. The van der Waals surface area contributed by atoms with Crippen molar-refractivity contribution < 1.29 is 23.9 Å². The van der Waals surface area contributed by atoms with Crippen molar-refractivity contribution in [1.82, 2.24) is 5.32 Å². The molecule has 0 saturated carbocycles. The first-order valence-corrected chi connectivity index (χ1v) is 27.8. The number of carbonyl (C=O) groups excluding carboxylic acids is 3. The van der Waals surface area contributed by atoms with Crippen LogP contribution in [0.4, 0.5) is 10.5 Å². The van der Waals surface area contributed by atoms with E-state index in [1.54, 1.807) is 52.7 Å². The molecule has 9 aromatic rings. The van der Waals surface area contributed by atoms with E-state index in [0.717, 1.165) is 55.6 Å². The molecule has 0 saturated heterocycles. The van der Waals surface area contributed by atoms with Gasteiger partial charge in [0.2, 0.25) is 0 Å². The Labute approximate surface area is 460 Å². The fraction of sp³-hybridized carbons (Fsp3) is 0.132. The van der Waals surface area contributed by atoms with Gasteiger partial charge in [0.25, 0.3) is 5.91 Å². The minimum absolute atomic E-state index is 0.0612. The predicted molar refractivity (Wildman–Crippen MR) is 315 cm³/mol. The van der Waals surface area contributed by atoms with Crippen LogP contribution >= 0.6 is 23.5 Å². The zero-order valence-electron chi connectivity index (χ0n) is 42.5. The summed E-state index contributed by atoms with van der Waals surface area (Å²) in [5, 5.41) is 3.14. The van der Waals surface area contributed by atoms with Crippen molar-refractivity contribution >= 4 is 47.2 Å². The number of hydrogen-bond acceptors (Lipinski definition) is 7. The maximum atomic E-state index is 16.1. The van der Waals surface area contributed by atoms with Crippen LogP contribution in [-0.2, 0) is 23.8 Å². The van der Waals surface area contributed by atoms with Gasteiger partial charge in [0, 0.05) is 29.7 Å². The summed E-state index contributed by atoms with van der Waals surface area (Å²) in [5.74, 6) is -0.447. The zero-order chi connectivity index (χ0) is 52.9. The summed E-state index contributed by atoms with van der Waals surface area (Å²) in [7, 11) is 0. The highest BCUT2D eigenvalue weighted by Gasteiger charge is 2.41. The third-order valence-corrected chi connectivity index (χ3v) is 17.3. The van der Waals surface area contributed by atoms with Gasteiger partial charge in [-0.1, -0.05) is 243 Å². The van der Waals surface area contributed by atoms with Crippen LogP contribution in [0.5, 0.6) is 0 Å². The number of amides is 2. The number of nitrogens with one attached hydrogen (secondary N) is 1. The topological polar surface area (TPSA) is 84.9 Å². The second-order valence-corrected chi connectivity index (χ2v) is 21.2. The Hall–Kier alpha value is -8.37. The van der Waals surface area contributed by atoms with Gasteiger partial charge in [0.05, 0.1) is 15.1 Å². The molecule has 10 rings (SSSR count). The van der Waals surface area contributed by atoms with E-state index in [2.05, 4.69) is 145 Å². The van der Waals surface area contributed by atoms with E-state index >= 15 is 4.79 Å². The van der Waals surface area contributed by atoms with Gasteiger partial charge in [-0.2, -0.15) is 0 Å². The number of rotatable bonds is 21. The van der Waals surface area contributed by atoms with Crippen LogP contribution in [0.25, 0.3) is 11.1 Å². The lowest BCUT2D eigenvalue weighted by Gasteiger charge is -2.38. The molecule has 7 nitrogen and oxygen atoms in total. The van der Waals surface area contributed by atoms with E-state index in [0.29, 0.717) is 17.0 Å². The maximum absolute atomic E-state index is 16.1. The van der Waals surface area contributed by atoms with Gasteiger partial charge in [0.15, 0.2) is 0 Å². The van der Waals surface area contributed by atoms with Crippen LogP contribution in [0.15, 0.2) is 267 Å². The molecule has 1 aliphatic rings. The lowest BCUT2D eigenvalue weighted by Crippen LogP contribution is -2.51. The number of thioether (sulfide) groups is 2. The molecular weight excluding hydrogens is 989 g/mol. The number of hydrogen-bond donors (Lipinski definition) is 1. The second kappa shape index (κ2) is 24.5. The molecule has 77 heavy (non-hydrogen) atoms. The van der Waals surface area contributed by atoms with Crippen LogP contribution in [-0.4, -0.2) is 55.3 Å². The third-order valence-electron chi connectivity index (χ3n) is 14.1. The number of benzene rings is 9. The van der Waals surface area contributed by atoms with E-state index in [9.17, 15) is 9.59 Å². The number of nitrogens with zero attached hydrogens (tertiary/aromatic N) is 1. The van der Waals surface area contributed by atoms with Crippen LogP contribution in [0.1, 0.15) is 60.8 Å². The van der Waals surface area contributed by atoms with Crippen molar-refractivity contribution in [3.63, 3.8) is 0 Å². The Kier molecular flexibility index (Phi) is 16.6. The molecule has 1 N–H and O–H groups in total. The lowest BCUT2D eigenvalue weighted by atomic mass is 9.84. The molecule has 0 bridgehead atoms. The van der Waals surface area contributed by atoms with Crippen molar-refractivity contribution in [3.8, 4) is 11.1 Å². The van der Waals surface area contributed by atoms with Crippen LogP contribution in [0.3, 0.4) is 0 Å². The highest BCUT2D eigenvalue weighted by atomic mass is 32.2. The second-order valence-electron chi connectivity index (χ2n) is 18.7. The third kappa shape index (κ3) is 11.2. The Bertz CT molecular complexity index is 3160. The number of alkyl carbamates (subject to hydrolysis) is 1. The summed E-state index contributed by atoms with van der Waals surface area (Å²) in [5.41, 5.74) is 11.6. The van der Waals surface area contributed by atoms with Crippen molar-refractivity contribution in [2.75, 3.05) is 36.2 Å². The van der Waals surface area contributed by atoms with E-state index < -0.39 is 27.6 Å². The van der Waals surface area contributed by atoms with Crippen LogP contribution in [0, 0.1) is 0 Å². The maximum Gasteiger partial charge on any atom is 0.407 e. The molecule has 1 atom stereocenters. The quantitative estimate of drug-likeness (QED) is 0.0436. The minimum atomic E-state index is -1.12. The highest BCUT2D eigenvalue weighted by molar-refractivity contribution is 8.01. The Balaban J connectivity index is 1.05. The molecule has 0 aliphatic heterocycles. The van der Waals surface area contributed by atoms with Gasteiger partial charge in [-0.25, -0.2) is 9.59 Å². The van der Waals surface area contributed by atoms with Crippen molar-refractivity contribution in [1.29, 1.82) is 0 Å². The monoisotopic (exact) mass is 1050 g/mol. The molecule has 0 aromatic heterocycles. The molecule has 0 radical (unpaired) electrons. The first kappa shape index (κ1) is 52.1. The summed E-state index contributed by atoms with van der Waals surface area (Å²) in [6.07, 6.45) is 0.815. The van der Waals surface area contributed by atoms with Crippen molar-refractivity contribution in [2.24, 2.45) is 0 Å². The molecule has 2 amide bonds. The molecule has 0 spiro atoms. The van der Waals surface area contributed by atoms with Crippen molar-refractivity contribution in [2.45, 2.75) is 21.5 Å². The molecule has 9 aromatic carbocycles. The standard InChI is InChI=1S/C68H58N2O5S2/c1-2-46-74-65(72)50-41-43-57(44-42-50)70(45-47-76-67(51-25-9-3-10-26-51,52-27-11-4-12-28-52)53-29-13-5-14-30-53)64(71)63(69-66(73)75-48-62-60-39-23-21-37-58(60)59-38-22-24-40-61(59)62)49-77-68(54-31-15-6-16-32-54,55-33-17-7-18-34-55)56-35-19-8-20-36-56/h2-44,62-63H,1,45-49H2,(H,69,73)/t63-/m0/s1. The molecule has 382 valence electrons. The first-order chi connectivity index (χ1) is 37.9. The minimum Gasteiger partial charge on any atom is -0.458 e. The van der Waals surface area contributed by atoms with Crippen LogP contribution < -0.4 is 10.2 Å². The average Bonchev–Trinajstić information content (AvgIpc) is 3.85. The molecule has 0 fully saturated rings. The SMILES string of the molecule is C=CCOC(=O)c1ccc(N(CCSC(c2ccccc2)(c2ccccc2)c2ccccc2)C(=O)[C@H](CSC(c2ccccc2)(c2ccccc2)c2ccccc2)NC(=O)OCC2c3ccccc3-c3ccccc32)cc1. The fourth-order valence-corrected chi connectivity index (χ4v) is 13.6. The van der Waals surface area contributed by atoms with Gasteiger partial charge < -0.3 is 19.7 Å². The molecule has 0 heterocycles. The summed E-state index contributed by atoms with van der Waals surface area (Å²) in [6.45, 7) is 4.05. The van der Waals surface area contributed by atoms with Gasteiger partial charge >= 0.3 is 12.1 Å². The van der Waals surface area contributed by atoms with E-state index in [1.165, 1.54) is 6.08 Å². The Morgan fingerprint density at radius 2 is 0.896 bits per heavy atom. The Morgan fingerprint density at radius 1 is 0.506 bits per heavy atom. The fourth-order valence-electron chi connectivity index (χ4n) is 10.5. The first-order valence-electron chi connectivity index (χ1n) is 25.8. The van der Waals surface area contributed by atoms with E-state index in [-0.39, 0.29) is 37.3 Å². The Morgan fingerprint density at radius 3 is 1.31 bits per heavy atom. The summed E-state index contributed by atoms with van der Waals surface area (Å²) >= 11 is 3.32. The summed E-state index contributed by atoms with van der Waals surface area (Å²) in [6, 6.07) is 84.5. The predicted octanol–water partition coefficient (Wildman–Crippen LogP) is 14.7. The smallest absolute Gasteiger partial charge is 0.407 e. The number of carbonyl (C=O) groups is 3. The largest absolute Gasteiger partial charge is 0.458 e. The number of anilines is 1. The normalized spacial score (nSPS) is 12.4. The number of ether oxygens (including phenoxy) is 2. The van der Waals surface area contributed by atoms with Gasteiger partial charge in [0.1, 0.15) is 19.3 Å². The van der Waals surface area contributed by atoms with E-state index in [4.69, 9.17) is 9.47 Å². The molecular formula is C68H58N2O5S2. The average molecular weight is 1050 g/mol. The van der Waals surface area contributed by atoms with Gasteiger partial charge in [-0.15, -0.1) is 23.5 Å². The van der Waals surface area contributed by atoms with Crippen molar-refractivity contribution in [3.05, 3.63) is 318 Å². The molecule has 9 heteroatoms. The summed E-state index contributed by atoms with van der Waals surface area (Å²) < 4.78 is 10.2. The van der Waals surface area contributed by atoms with Gasteiger partial charge in [-0.05, 0) is 79.9 Å². The van der Waals surface area contributed by atoms with Gasteiger partial charge in [-0.3, -0.25) is 4.79 Å².